The summed E-state index contributed by atoms with van der Waals surface area (Å²) in [5, 5.41) is 9.17. The summed E-state index contributed by atoms with van der Waals surface area (Å²) in [4.78, 5) is 23.1. The SMILES string of the molecule is CC(=O)C(C(C)=O)C(C)(c1ccc(O)cc1)C(F)(F)F. The van der Waals surface area contributed by atoms with E-state index in [9.17, 15) is 22.8 Å². The largest absolute Gasteiger partial charge is 0.508 e. The van der Waals surface area contributed by atoms with Gasteiger partial charge in [0.2, 0.25) is 0 Å². The van der Waals surface area contributed by atoms with Crippen LogP contribution in [0.4, 0.5) is 13.2 Å². The van der Waals surface area contributed by atoms with Crippen LogP contribution >= 0.6 is 0 Å². The fourth-order valence-electron chi connectivity index (χ4n) is 2.40. The molecule has 0 radical (unpaired) electrons. The summed E-state index contributed by atoms with van der Waals surface area (Å²) in [6.07, 6.45) is -4.79. The van der Waals surface area contributed by atoms with Crippen molar-refractivity contribution in [2.45, 2.75) is 32.4 Å². The third-order valence-corrected chi connectivity index (χ3v) is 3.45. The number of Topliss-reactive ketones (excluding diaryl/α,β-unsaturated/α-hetero) is 2. The Morgan fingerprint density at radius 1 is 1.05 bits per heavy atom. The first-order chi connectivity index (χ1) is 9.01. The van der Waals surface area contributed by atoms with Crippen LogP contribution in [-0.2, 0) is 15.0 Å². The maximum absolute atomic E-state index is 13.5. The fourth-order valence-corrected chi connectivity index (χ4v) is 2.40. The van der Waals surface area contributed by atoms with Crippen molar-refractivity contribution in [3.05, 3.63) is 29.8 Å². The van der Waals surface area contributed by atoms with Crippen LogP contribution in [-0.4, -0.2) is 22.8 Å². The van der Waals surface area contributed by atoms with Crippen LogP contribution in [0, 0.1) is 5.92 Å². The van der Waals surface area contributed by atoms with E-state index in [1.165, 1.54) is 0 Å². The van der Waals surface area contributed by atoms with E-state index in [0.29, 0.717) is 0 Å². The summed E-state index contributed by atoms with van der Waals surface area (Å²) in [7, 11) is 0. The zero-order chi connectivity index (χ0) is 15.7. The minimum Gasteiger partial charge on any atom is -0.508 e. The van der Waals surface area contributed by atoms with Gasteiger partial charge in [0.25, 0.3) is 0 Å². The van der Waals surface area contributed by atoms with E-state index in [0.717, 1.165) is 45.0 Å². The predicted molar refractivity (Wildman–Crippen MR) is 66.4 cm³/mol. The molecular formula is C14H15F3O3. The third kappa shape index (κ3) is 2.69. The highest BCUT2D eigenvalue weighted by Crippen LogP contribution is 2.47. The summed E-state index contributed by atoms with van der Waals surface area (Å²) in [5.41, 5.74) is -2.86. The minimum atomic E-state index is -4.79. The molecule has 0 aromatic heterocycles. The summed E-state index contributed by atoms with van der Waals surface area (Å²) >= 11 is 0. The van der Waals surface area contributed by atoms with E-state index < -0.39 is 29.1 Å². The highest BCUT2D eigenvalue weighted by Gasteiger charge is 2.59. The van der Waals surface area contributed by atoms with Crippen molar-refractivity contribution >= 4 is 11.6 Å². The summed E-state index contributed by atoms with van der Waals surface area (Å²) in [6.45, 7) is 2.76. The number of phenols is 1. The van der Waals surface area contributed by atoms with Gasteiger partial charge in [-0.25, -0.2) is 0 Å². The molecule has 0 spiro atoms. The Morgan fingerprint density at radius 3 is 1.75 bits per heavy atom. The van der Waals surface area contributed by atoms with Gasteiger partial charge >= 0.3 is 6.18 Å². The molecule has 110 valence electrons. The van der Waals surface area contributed by atoms with Gasteiger partial charge < -0.3 is 5.11 Å². The number of ketones is 2. The summed E-state index contributed by atoms with van der Waals surface area (Å²) in [5.74, 6) is -3.69. The number of aromatic hydroxyl groups is 1. The molecule has 0 saturated heterocycles. The van der Waals surface area contributed by atoms with Gasteiger partial charge in [-0.15, -0.1) is 0 Å². The van der Waals surface area contributed by atoms with E-state index in [4.69, 9.17) is 5.11 Å². The van der Waals surface area contributed by atoms with Gasteiger partial charge in [0.1, 0.15) is 22.7 Å². The van der Waals surface area contributed by atoms with Gasteiger partial charge in [-0.1, -0.05) is 12.1 Å². The lowest BCUT2D eigenvalue weighted by atomic mass is 9.68. The van der Waals surface area contributed by atoms with Crippen LogP contribution in [0.2, 0.25) is 0 Å². The molecular weight excluding hydrogens is 273 g/mol. The normalized spacial score (nSPS) is 14.9. The average Bonchev–Trinajstić information content (AvgIpc) is 2.26. The predicted octanol–water partition coefficient (Wildman–Crippen LogP) is 3.01. The van der Waals surface area contributed by atoms with Gasteiger partial charge in [-0.2, -0.15) is 13.2 Å². The Bertz CT molecular complexity index is 505. The molecule has 1 rings (SSSR count). The minimum absolute atomic E-state index is 0.194. The molecule has 0 aliphatic carbocycles. The molecule has 1 aromatic rings. The number of benzene rings is 1. The van der Waals surface area contributed by atoms with Crippen molar-refractivity contribution in [2.24, 2.45) is 5.92 Å². The molecule has 20 heavy (non-hydrogen) atoms. The van der Waals surface area contributed by atoms with Gasteiger partial charge in [0, 0.05) is 0 Å². The summed E-state index contributed by atoms with van der Waals surface area (Å²) in [6, 6.07) is 4.33. The van der Waals surface area contributed by atoms with Crippen molar-refractivity contribution in [2.75, 3.05) is 0 Å². The Balaban J connectivity index is 3.55. The number of alkyl halides is 3. The molecule has 0 aliphatic rings. The lowest BCUT2D eigenvalue weighted by molar-refractivity contribution is -0.202. The Morgan fingerprint density at radius 2 is 1.45 bits per heavy atom. The molecule has 3 nitrogen and oxygen atoms in total. The van der Waals surface area contributed by atoms with Crippen LogP contribution in [0.1, 0.15) is 26.3 Å². The molecule has 1 unspecified atom stereocenters. The molecule has 1 aromatic carbocycles. The number of halogens is 3. The van der Waals surface area contributed by atoms with Crippen molar-refractivity contribution < 1.29 is 27.9 Å². The van der Waals surface area contributed by atoms with Crippen molar-refractivity contribution in [3.63, 3.8) is 0 Å². The smallest absolute Gasteiger partial charge is 0.399 e. The number of rotatable bonds is 4. The van der Waals surface area contributed by atoms with Crippen molar-refractivity contribution in [1.82, 2.24) is 0 Å². The molecule has 1 atom stereocenters. The van der Waals surface area contributed by atoms with E-state index in [2.05, 4.69) is 0 Å². The first kappa shape index (κ1) is 16.2. The van der Waals surface area contributed by atoms with Crippen LogP contribution in [0.3, 0.4) is 0 Å². The van der Waals surface area contributed by atoms with E-state index in [1.807, 2.05) is 0 Å². The first-order valence-electron chi connectivity index (χ1n) is 5.89. The fraction of sp³-hybridized carbons (Fsp3) is 0.429. The molecule has 0 heterocycles. The second kappa shape index (κ2) is 5.26. The molecule has 0 bridgehead atoms. The molecule has 0 fully saturated rings. The van der Waals surface area contributed by atoms with Crippen molar-refractivity contribution in [3.8, 4) is 5.75 Å². The molecule has 0 saturated carbocycles. The third-order valence-electron chi connectivity index (χ3n) is 3.45. The number of hydrogen-bond donors (Lipinski definition) is 1. The van der Waals surface area contributed by atoms with Crippen molar-refractivity contribution in [1.29, 1.82) is 0 Å². The second-order valence-electron chi connectivity index (χ2n) is 4.90. The van der Waals surface area contributed by atoms with Crippen LogP contribution in [0.25, 0.3) is 0 Å². The Labute approximate surface area is 114 Å². The van der Waals surface area contributed by atoms with Gasteiger partial charge in [0.15, 0.2) is 0 Å². The Kier molecular flexibility index (Phi) is 4.27. The standard InChI is InChI=1S/C14H15F3O3/c1-8(18)12(9(2)19)13(3,14(15,16)17)10-4-6-11(20)7-5-10/h4-7,12,20H,1-3H3. The van der Waals surface area contributed by atoms with Crippen LogP contribution in [0.15, 0.2) is 24.3 Å². The maximum Gasteiger partial charge on any atom is 0.399 e. The van der Waals surface area contributed by atoms with E-state index in [1.54, 1.807) is 0 Å². The van der Waals surface area contributed by atoms with Crippen LogP contribution in [0.5, 0.6) is 5.75 Å². The van der Waals surface area contributed by atoms with Crippen LogP contribution < -0.4 is 0 Å². The lowest BCUT2D eigenvalue weighted by Gasteiger charge is -2.37. The number of carbonyl (C=O) groups is 2. The highest BCUT2D eigenvalue weighted by atomic mass is 19.4. The number of phenolic OH excluding ortho intramolecular Hbond substituents is 1. The highest BCUT2D eigenvalue weighted by molar-refractivity contribution is 6.02. The zero-order valence-electron chi connectivity index (χ0n) is 11.3. The van der Waals surface area contributed by atoms with Gasteiger partial charge in [0.05, 0.1) is 5.92 Å². The zero-order valence-corrected chi connectivity index (χ0v) is 11.3. The second-order valence-corrected chi connectivity index (χ2v) is 4.90. The molecule has 0 aliphatic heterocycles. The monoisotopic (exact) mass is 288 g/mol. The van der Waals surface area contributed by atoms with E-state index >= 15 is 0 Å². The van der Waals surface area contributed by atoms with E-state index in [-0.39, 0.29) is 11.3 Å². The van der Waals surface area contributed by atoms with Gasteiger partial charge in [-0.05, 0) is 38.5 Å². The molecule has 1 N–H and O–H groups in total. The quantitative estimate of drug-likeness (QED) is 0.866. The molecule has 0 amide bonds. The molecule has 6 heteroatoms. The van der Waals surface area contributed by atoms with Gasteiger partial charge in [-0.3, -0.25) is 9.59 Å². The maximum atomic E-state index is 13.5. The topological polar surface area (TPSA) is 54.4 Å². The number of hydrogen-bond acceptors (Lipinski definition) is 3. The first-order valence-corrected chi connectivity index (χ1v) is 5.89. The Hall–Kier alpha value is -1.85. The lowest BCUT2D eigenvalue weighted by Crippen LogP contribution is -2.51. The number of carbonyl (C=O) groups excluding carboxylic acids is 2. The average molecular weight is 288 g/mol. The summed E-state index contributed by atoms with van der Waals surface area (Å²) < 4.78 is 40.5.